The smallest absolute Gasteiger partial charge is 0.426 e. The van der Waals surface area contributed by atoms with Gasteiger partial charge in [-0.05, 0) is 48.7 Å². The van der Waals surface area contributed by atoms with Crippen molar-refractivity contribution in [2.45, 2.75) is 20.0 Å². The summed E-state index contributed by atoms with van der Waals surface area (Å²) in [7, 11) is 0. The first-order valence-corrected chi connectivity index (χ1v) is 7.97. The van der Waals surface area contributed by atoms with E-state index in [9.17, 15) is 17.6 Å². The summed E-state index contributed by atoms with van der Waals surface area (Å²) in [5, 5.41) is 0. The van der Waals surface area contributed by atoms with Gasteiger partial charge in [-0.2, -0.15) is 13.2 Å². The monoisotopic (exact) mass is 360 g/mol. The van der Waals surface area contributed by atoms with Gasteiger partial charge in [0.1, 0.15) is 0 Å². The first-order chi connectivity index (χ1) is 12.3. The second-order valence-corrected chi connectivity index (χ2v) is 6.07. The van der Waals surface area contributed by atoms with Gasteiger partial charge in [0, 0.05) is 0 Å². The Kier molecular flexibility index (Phi) is 4.72. The first kappa shape index (κ1) is 18.0. The van der Waals surface area contributed by atoms with Crippen molar-refractivity contribution in [3.63, 3.8) is 0 Å². The van der Waals surface area contributed by atoms with Crippen molar-refractivity contribution in [2.75, 3.05) is 0 Å². The van der Waals surface area contributed by atoms with Gasteiger partial charge in [0.05, 0.1) is 5.56 Å². The van der Waals surface area contributed by atoms with Crippen LogP contribution in [0.5, 0.6) is 5.75 Å². The molecule has 0 aliphatic rings. The van der Waals surface area contributed by atoms with E-state index in [1.807, 2.05) is 31.2 Å². The van der Waals surface area contributed by atoms with Crippen LogP contribution in [-0.4, -0.2) is 0 Å². The lowest BCUT2D eigenvalue weighted by atomic mass is 10.0. The van der Waals surface area contributed by atoms with E-state index in [2.05, 4.69) is 4.74 Å². The van der Waals surface area contributed by atoms with Gasteiger partial charge in [0.15, 0.2) is 11.6 Å². The highest BCUT2D eigenvalue weighted by Gasteiger charge is 2.36. The van der Waals surface area contributed by atoms with E-state index in [4.69, 9.17) is 0 Å². The summed E-state index contributed by atoms with van der Waals surface area (Å²) in [6.45, 7) is 3.29. The number of rotatable bonds is 4. The van der Waals surface area contributed by atoms with Gasteiger partial charge < -0.3 is 4.74 Å². The molecule has 0 bridgehead atoms. The number of alkyl halides is 2. The molecule has 0 aliphatic carbocycles. The average Bonchev–Trinajstić information content (AvgIpc) is 2.63. The number of halogens is 4. The van der Waals surface area contributed by atoms with Crippen LogP contribution in [0.3, 0.4) is 0 Å². The predicted octanol–water partition coefficient (Wildman–Crippen LogP) is 6.38. The fourth-order valence-electron chi connectivity index (χ4n) is 2.51. The van der Waals surface area contributed by atoms with Crippen molar-refractivity contribution in [1.29, 1.82) is 0 Å². The molecule has 0 spiro atoms. The third-order valence-corrected chi connectivity index (χ3v) is 4.08. The van der Waals surface area contributed by atoms with E-state index in [0.717, 1.165) is 22.8 Å². The molecule has 0 fully saturated rings. The van der Waals surface area contributed by atoms with Crippen LogP contribution >= 0.6 is 0 Å². The lowest BCUT2D eigenvalue weighted by Crippen LogP contribution is -2.22. The molecule has 0 amide bonds. The molecule has 0 radical (unpaired) electrons. The SMILES string of the molecule is Cc1ccc(-c2ccc(C(F)(F)Oc3ccc(C)c(F)c3F)cc2)cc1. The van der Waals surface area contributed by atoms with E-state index < -0.39 is 29.1 Å². The van der Waals surface area contributed by atoms with Crippen LogP contribution in [0.25, 0.3) is 11.1 Å². The van der Waals surface area contributed by atoms with E-state index in [-0.39, 0.29) is 5.56 Å². The Morgan fingerprint density at radius 3 is 1.81 bits per heavy atom. The zero-order valence-electron chi connectivity index (χ0n) is 14.2. The molecule has 0 N–H and O–H groups in total. The maximum absolute atomic E-state index is 14.3. The standard InChI is InChI=1S/C21H16F4O/c1-13-3-6-15(7-4-13)16-8-10-17(11-9-16)21(24,25)26-18-12-5-14(2)19(22)20(18)23/h3-12H,1-2H3. The molecule has 3 aromatic carbocycles. The quantitative estimate of drug-likeness (QED) is 0.491. The number of benzene rings is 3. The molecule has 3 aromatic rings. The van der Waals surface area contributed by atoms with Gasteiger partial charge >= 0.3 is 6.11 Å². The summed E-state index contributed by atoms with van der Waals surface area (Å²) in [4.78, 5) is 0. The number of ether oxygens (including phenoxy) is 1. The van der Waals surface area contributed by atoms with Gasteiger partial charge in [-0.1, -0.05) is 48.0 Å². The van der Waals surface area contributed by atoms with E-state index in [1.165, 1.54) is 37.3 Å². The molecule has 0 atom stereocenters. The van der Waals surface area contributed by atoms with E-state index >= 15 is 0 Å². The zero-order valence-corrected chi connectivity index (χ0v) is 14.2. The molecule has 0 aromatic heterocycles. The van der Waals surface area contributed by atoms with Gasteiger partial charge in [-0.3, -0.25) is 0 Å². The van der Waals surface area contributed by atoms with Crippen molar-refractivity contribution in [3.8, 4) is 16.9 Å². The third kappa shape index (κ3) is 3.57. The number of aryl methyl sites for hydroxylation is 2. The Balaban J connectivity index is 1.85. The lowest BCUT2D eigenvalue weighted by Gasteiger charge is -2.19. The van der Waals surface area contributed by atoms with Crippen molar-refractivity contribution in [3.05, 3.63) is 89.0 Å². The molecule has 26 heavy (non-hydrogen) atoms. The molecule has 3 rings (SSSR count). The predicted molar refractivity (Wildman–Crippen MR) is 92.2 cm³/mol. The maximum Gasteiger partial charge on any atom is 0.426 e. The molecule has 0 saturated carbocycles. The lowest BCUT2D eigenvalue weighted by molar-refractivity contribution is -0.187. The number of hydrogen-bond acceptors (Lipinski definition) is 1. The van der Waals surface area contributed by atoms with Crippen molar-refractivity contribution in [2.24, 2.45) is 0 Å². The van der Waals surface area contributed by atoms with Gasteiger partial charge in [-0.25, -0.2) is 4.39 Å². The molecule has 0 saturated heterocycles. The summed E-state index contributed by atoms with van der Waals surface area (Å²) < 4.78 is 60.5. The van der Waals surface area contributed by atoms with Crippen molar-refractivity contribution >= 4 is 0 Å². The molecule has 0 aliphatic heterocycles. The molecule has 134 valence electrons. The van der Waals surface area contributed by atoms with Gasteiger partial charge in [0.2, 0.25) is 5.82 Å². The van der Waals surface area contributed by atoms with Gasteiger partial charge in [0.25, 0.3) is 0 Å². The molecule has 0 heterocycles. The minimum atomic E-state index is -3.80. The summed E-state index contributed by atoms with van der Waals surface area (Å²) in [5.74, 6) is -3.46. The van der Waals surface area contributed by atoms with Crippen LogP contribution in [-0.2, 0) is 6.11 Å². The molecular formula is C21H16F4O. The Morgan fingerprint density at radius 2 is 1.23 bits per heavy atom. The minimum Gasteiger partial charge on any atom is -0.426 e. The highest BCUT2D eigenvalue weighted by molar-refractivity contribution is 5.64. The topological polar surface area (TPSA) is 9.23 Å². The zero-order chi connectivity index (χ0) is 18.9. The summed E-state index contributed by atoms with van der Waals surface area (Å²) in [5.41, 5.74) is 2.31. The highest BCUT2D eigenvalue weighted by Crippen LogP contribution is 2.35. The second-order valence-electron chi connectivity index (χ2n) is 6.07. The van der Waals surface area contributed by atoms with Crippen LogP contribution in [0.2, 0.25) is 0 Å². The molecule has 0 unspecified atom stereocenters. The highest BCUT2D eigenvalue weighted by atomic mass is 19.3. The van der Waals surface area contributed by atoms with Crippen LogP contribution in [0.4, 0.5) is 17.6 Å². The minimum absolute atomic E-state index is 0.0145. The maximum atomic E-state index is 14.3. The third-order valence-electron chi connectivity index (χ3n) is 4.08. The van der Waals surface area contributed by atoms with E-state index in [1.54, 1.807) is 0 Å². The van der Waals surface area contributed by atoms with Gasteiger partial charge in [-0.15, -0.1) is 0 Å². The summed E-state index contributed by atoms with van der Waals surface area (Å²) in [6, 6.07) is 15.3. The Morgan fingerprint density at radius 1 is 0.692 bits per heavy atom. The normalized spacial score (nSPS) is 11.5. The van der Waals surface area contributed by atoms with Crippen LogP contribution in [0.15, 0.2) is 60.7 Å². The first-order valence-electron chi connectivity index (χ1n) is 7.97. The average molecular weight is 360 g/mol. The second kappa shape index (κ2) is 6.83. The van der Waals surface area contributed by atoms with Crippen molar-refractivity contribution in [1.82, 2.24) is 0 Å². The van der Waals surface area contributed by atoms with Crippen LogP contribution in [0, 0.1) is 25.5 Å². The van der Waals surface area contributed by atoms with Crippen LogP contribution in [0.1, 0.15) is 16.7 Å². The molecular weight excluding hydrogens is 344 g/mol. The van der Waals surface area contributed by atoms with E-state index in [0.29, 0.717) is 0 Å². The number of hydrogen-bond donors (Lipinski definition) is 0. The van der Waals surface area contributed by atoms with Crippen LogP contribution < -0.4 is 4.74 Å². The Hall–Kier alpha value is -2.82. The summed E-state index contributed by atoms with van der Waals surface area (Å²) >= 11 is 0. The van der Waals surface area contributed by atoms with Crippen molar-refractivity contribution < 1.29 is 22.3 Å². The fourth-order valence-corrected chi connectivity index (χ4v) is 2.51. The largest absolute Gasteiger partial charge is 0.426 e. The summed E-state index contributed by atoms with van der Waals surface area (Å²) in [6.07, 6.45) is -3.80. The fraction of sp³-hybridized carbons (Fsp3) is 0.143. The molecule has 5 heteroatoms. The molecule has 1 nitrogen and oxygen atoms in total. The Labute approximate surface area is 148 Å². The Bertz CT molecular complexity index is 916.